The van der Waals surface area contributed by atoms with Crippen molar-refractivity contribution in [2.24, 2.45) is 0 Å². The van der Waals surface area contributed by atoms with Gasteiger partial charge in [-0.1, -0.05) is 60.7 Å². The molecule has 18 nitrogen and oxygen atoms in total. The van der Waals surface area contributed by atoms with Crippen LogP contribution in [0, 0.1) is 13.8 Å². The van der Waals surface area contributed by atoms with E-state index in [1.807, 2.05) is 88.4 Å². The molecule has 19 heteroatoms. The van der Waals surface area contributed by atoms with Crippen molar-refractivity contribution in [1.82, 2.24) is 30.6 Å². The van der Waals surface area contributed by atoms with E-state index < -0.39 is 60.6 Å². The van der Waals surface area contributed by atoms with E-state index in [-0.39, 0.29) is 42.8 Å². The van der Waals surface area contributed by atoms with Crippen molar-refractivity contribution in [2.75, 3.05) is 26.4 Å². The molecular weight excluding hydrogens is 1050 g/mol. The van der Waals surface area contributed by atoms with E-state index in [9.17, 15) is 49.2 Å². The molecule has 5 aromatic rings. The van der Waals surface area contributed by atoms with Crippen molar-refractivity contribution in [1.29, 1.82) is 0 Å². The van der Waals surface area contributed by atoms with Crippen molar-refractivity contribution in [3.63, 3.8) is 0 Å². The van der Waals surface area contributed by atoms with Gasteiger partial charge in [-0.2, -0.15) is 0 Å². The zero-order chi connectivity index (χ0) is 55.9. The molecule has 3 aromatic heterocycles. The minimum absolute atomic E-state index is 0. The van der Waals surface area contributed by atoms with Crippen LogP contribution in [0.2, 0.25) is 0 Å². The molecule has 5 heterocycles. The van der Waals surface area contributed by atoms with E-state index in [0.29, 0.717) is 83.9 Å². The first kappa shape index (κ1) is 60.5. The van der Waals surface area contributed by atoms with E-state index in [4.69, 9.17) is 19.4 Å². The van der Waals surface area contributed by atoms with Crippen LogP contribution in [0.3, 0.4) is 0 Å². The summed E-state index contributed by atoms with van der Waals surface area (Å²) < 4.78 is 12.5. The number of carbonyl (C=O) groups excluding carboxylic acids is 2. The molecule has 2 amide bonds. The summed E-state index contributed by atoms with van der Waals surface area (Å²) in [6.45, 7) is 9.94. The van der Waals surface area contributed by atoms with Gasteiger partial charge in [0.25, 0.3) is 0 Å². The molecule has 414 valence electrons. The molecule has 2 atom stereocenters. The van der Waals surface area contributed by atoms with Gasteiger partial charge in [0.2, 0.25) is 11.8 Å². The van der Waals surface area contributed by atoms with E-state index in [1.54, 1.807) is 0 Å². The largest absolute Gasteiger partial charge is 3.00 e. The quantitative estimate of drug-likeness (QED) is 0.0172. The maximum absolute atomic E-state index is 13.4. The van der Waals surface area contributed by atoms with Gasteiger partial charge < -0.3 is 50.5 Å². The van der Waals surface area contributed by atoms with Crippen molar-refractivity contribution in [2.45, 2.75) is 117 Å². The Bertz CT molecular complexity index is 3280. The van der Waals surface area contributed by atoms with Gasteiger partial charge in [0.15, 0.2) is 0 Å². The summed E-state index contributed by atoms with van der Waals surface area (Å²) in [7, 11) is 0. The zero-order valence-electron chi connectivity index (χ0n) is 44.9. The Labute approximate surface area is 468 Å². The fourth-order valence-electron chi connectivity index (χ4n) is 9.85. The third-order valence-electron chi connectivity index (χ3n) is 14.2. The monoisotopic (exact) mass is 1120 g/mol. The van der Waals surface area contributed by atoms with Gasteiger partial charge in [-0.25, -0.2) is 19.6 Å². The summed E-state index contributed by atoms with van der Waals surface area (Å²) in [5.41, 5.74) is 14.7. The summed E-state index contributed by atoms with van der Waals surface area (Å²) in [4.78, 5) is 91.0. The fraction of sp³-hybridized carbons (Fsp3) is 0.367. The maximum atomic E-state index is 13.4. The standard InChI is InChI=1S/C60H68N6O12.Mn/c1-35-41(19-21-55(67)65-53(59(73)74)33-57(69)70)51-32-52-42(20-22-56(68)66-54(60(75)76)34-58(71)72)36(2)47(64-52)30-50-44(24-28-78-26-12-18-40-15-9-6-10-16-40)38(4)48(63-50)31-49-43(37(3)46(61-49)29-45(35)62-51)23-27-77-25-11-17-39-13-7-5-8-14-39;/h5-10,13-16,29-32,53-54,62,64H,11-12,17-28,33-34H2,1-4H3,(H,65,67)(H,66,68)(H,69,70)(H,71,72)(H,73,74)(H,75,76);/q;+3. The second-order valence-corrected chi connectivity index (χ2v) is 19.7. The number of aromatic amines is 2. The predicted octanol–water partition coefficient (Wildman–Crippen LogP) is 8.82. The van der Waals surface area contributed by atoms with Crippen LogP contribution in [0.1, 0.15) is 121 Å². The van der Waals surface area contributed by atoms with Gasteiger partial charge >= 0.3 is 40.9 Å². The van der Waals surface area contributed by atoms with Crippen LogP contribution >= 0.6 is 0 Å². The first-order valence-corrected chi connectivity index (χ1v) is 26.3. The summed E-state index contributed by atoms with van der Waals surface area (Å²) in [6, 6.07) is 25.1. The van der Waals surface area contributed by atoms with Gasteiger partial charge in [0.05, 0.1) is 48.8 Å². The Hall–Kier alpha value is -7.70. The van der Waals surface area contributed by atoms with Crippen molar-refractivity contribution >= 4 is 80.1 Å². The number of fused-ring (bicyclic) bond motifs is 8. The Morgan fingerprint density at radius 3 is 1.29 bits per heavy atom. The van der Waals surface area contributed by atoms with E-state index >= 15 is 0 Å². The van der Waals surface area contributed by atoms with Crippen LogP contribution in [0.15, 0.2) is 84.9 Å². The average molecular weight is 1120 g/mol. The fourth-order valence-corrected chi connectivity index (χ4v) is 9.85. The molecular formula is C60H68MnN6O12+3. The normalized spacial score (nSPS) is 12.9. The number of aromatic nitrogens is 4. The number of carbonyl (C=O) groups is 6. The van der Waals surface area contributed by atoms with Crippen LogP contribution in [0.4, 0.5) is 0 Å². The summed E-state index contributed by atoms with van der Waals surface area (Å²) >= 11 is 0. The number of carboxylic acid groups (broad SMARTS) is 4. The summed E-state index contributed by atoms with van der Waals surface area (Å²) in [5, 5.41) is 42.7. The molecule has 2 unspecified atom stereocenters. The number of benzene rings is 2. The smallest absolute Gasteiger partial charge is 0.481 e. The summed E-state index contributed by atoms with van der Waals surface area (Å²) in [5.74, 6) is -7.03. The number of allylic oxidation sites excluding steroid dienone is 2. The van der Waals surface area contributed by atoms with E-state index in [1.165, 1.54) is 11.1 Å². The Morgan fingerprint density at radius 1 is 0.494 bits per heavy atom. The third kappa shape index (κ3) is 16.7. The van der Waals surface area contributed by atoms with Gasteiger partial charge in [0.1, 0.15) is 12.1 Å². The van der Waals surface area contributed by atoms with Crippen molar-refractivity contribution in [3.8, 4) is 0 Å². The number of hydrogen-bond acceptors (Lipinski definition) is 10. The topological polar surface area (TPSA) is 283 Å². The number of nitrogens with one attached hydrogen (secondary N) is 4. The molecule has 0 spiro atoms. The molecule has 0 fully saturated rings. The first-order chi connectivity index (χ1) is 37.4. The SMILES string of the molecule is CC1=C(CCOCCCc2ccccc2)c2cc3nc(cc4[nH]c(cc5[nH]c(cc1n2)c(C)c5CCC(=O)NC(CC(=O)O)C(=O)O)c(CCC(=O)NC(CC(=O)O)C(=O)O)c4C)C(CCOCCCc1ccccc1)=C3C.[Mn+3]. The number of nitrogens with zero attached hydrogens (tertiary/aromatic N) is 2. The molecule has 0 aliphatic carbocycles. The number of aliphatic carboxylic acids is 4. The summed E-state index contributed by atoms with van der Waals surface area (Å²) in [6.07, 6.45) is 2.89. The number of H-pyrrole nitrogens is 2. The molecule has 8 bridgehead atoms. The van der Waals surface area contributed by atoms with Crippen LogP contribution < -0.4 is 10.6 Å². The molecule has 0 saturated carbocycles. The molecule has 2 aliphatic heterocycles. The number of amides is 2. The second-order valence-electron chi connectivity index (χ2n) is 19.7. The predicted molar refractivity (Wildman–Crippen MR) is 296 cm³/mol. The minimum atomic E-state index is -1.63. The van der Waals surface area contributed by atoms with Gasteiger partial charge in [-0.3, -0.25) is 19.2 Å². The molecule has 0 radical (unpaired) electrons. The number of ether oxygens (including phenoxy) is 2. The average Bonchev–Trinajstić information content (AvgIpc) is 4.07. The molecule has 8 N–H and O–H groups in total. The van der Waals surface area contributed by atoms with Crippen LogP contribution in [-0.4, -0.2) is 115 Å². The minimum Gasteiger partial charge on any atom is -0.481 e. The maximum Gasteiger partial charge on any atom is 3.00 e. The molecule has 79 heavy (non-hydrogen) atoms. The van der Waals surface area contributed by atoms with Gasteiger partial charge in [-0.15, -0.1) is 0 Å². The molecule has 0 saturated heterocycles. The number of hydrogen-bond donors (Lipinski definition) is 8. The van der Waals surface area contributed by atoms with Gasteiger partial charge in [0, 0.05) is 48.1 Å². The number of carboxylic acids is 4. The molecule has 2 aromatic carbocycles. The third-order valence-corrected chi connectivity index (χ3v) is 14.2. The number of aryl methyl sites for hydroxylation is 6. The van der Waals surface area contributed by atoms with Gasteiger partial charge in [-0.05, 0) is 159 Å². The first-order valence-electron chi connectivity index (χ1n) is 26.3. The number of rotatable bonds is 28. The van der Waals surface area contributed by atoms with E-state index in [0.717, 1.165) is 70.5 Å². The van der Waals surface area contributed by atoms with Crippen LogP contribution in [0.25, 0.3) is 44.4 Å². The van der Waals surface area contributed by atoms with Crippen LogP contribution in [0.5, 0.6) is 0 Å². The zero-order valence-corrected chi connectivity index (χ0v) is 46.1. The van der Waals surface area contributed by atoms with Crippen LogP contribution in [-0.2, 0) is 81.0 Å². The Balaban J connectivity index is 0.0000101. The Kier molecular flexibility index (Phi) is 22.1. The van der Waals surface area contributed by atoms with Crippen molar-refractivity contribution in [3.05, 3.63) is 141 Å². The Morgan fingerprint density at radius 2 is 0.886 bits per heavy atom. The molecule has 2 aliphatic rings. The molecule has 7 rings (SSSR count). The second kappa shape index (κ2) is 28.8. The van der Waals surface area contributed by atoms with E-state index in [2.05, 4.69) is 44.9 Å². The van der Waals surface area contributed by atoms with Crippen molar-refractivity contribution < 1.29 is 75.7 Å².